The normalized spacial score (nSPS) is 18.7. The number of hydrogen-bond acceptors (Lipinski definition) is 4. The number of anilines is 1. The molecule has 1 aliphatic heterocycles. The van der Waals surface area contributed by atoms with E-state index in [0.29, 0.717) is 25.3 Å². The molecule has 0 bridgehead atoms. The van der Waals surface area contributed by atoms with E-state index in [2.05, 4.69) is 9.88 Å². The molecule has 0 aromatic carbocycles. The van der Waals surface area contributed by atoms with Crippen molar-refractivity contribution in [2.45, 2.75) is 26.4 Å². The van der Waals surface area contributed by atoms with Crippen molar-refractivity contribution >= 4 is 11.6 Å². The van der Waals surface area contributed by atoms with Crippen LogP contribution in [0.5, 0.6) is 0 Å². The second-order valence-electron chi connectivity index (χ2n) is 4.77. The molecule has 1 atom stereocenters. The van der Waals surface area contributed by atoms with Gasteiger partial charge in [-0.3, -0.25) is 9.78 Å². The van der Waals surface area contributed by atoms with E-state index in [-0.39, 0.29) is 12.0 Å². The van der Waals surface area contributed by atoms with Gasteiger partial charge in [0, 0.05) is 38.1 Å². The smallest absolute Gasteiger partial charge is 0.272 e. The molecule has 1 fully saturated rings. The van der Waals surface area contributed by atoms with Crippen molar-refractivity contribution in [1.29, 1.82) is 0 Å². The molecule has 104 valence electrons. The van der Waals surface area contributed by atoms with Gasteiger partial charge < -0.3 is 14.9 Å². The highest BCUT2D eigenvalue weighted by Crippen LogP contribution is 2.20. The fraction of sp³-hybridized carbons (Fsp3) is 0.571. The van der Waals surface area contributed by atoms with E-state index < -0.39 is 0 Å². The number of aromatic nitrogens is 1. The third-order valence-electron chi connectivity index (χ3n) is 3.54. The monoisotopic (exact) mass is 263 g/mol. The van der Waals surface area contributed by atoms with Crippen LogP contribution in [0.25, 0.3) is 0 Å². The first-order chi connectivity index (χ1) is 9.15. The third kappa shape index (κ3) is 3.04. The summed E-state index contributed by atoms with van der Waals surface area (Å²) in [4.78, 5) is 20.2. The standard InChI is InChI=1S/C14H21N3O2/c1-3-16(4-2)14(19)13-9-11(5-7-15-13)17-8-6-12(18)10-17/h5,7,9,12,18H,3-4,6,8,10H2,1-2H3/t12-/m1/s1. The minimum absolute atomic E-state index is 0.0356. The number of aliphatic hydroxyl groups is 1. The van der Waals surface area contributed by atoms with Gasteiger partial charge in [0.05, 0.1) is 6.10 Å². The van der Waals surface area contributed by atoms with Crippen LogP contribution in [0.3, 0.4) is 0 Å². The van der Waals surface area contributed by atoms with Gasteiger partial charge in [-0.2, -0.15) is 0 Å². The van der Waals surface area contributed by atoms with Crippen LogP contribution in [0.1, 0.15) is 30.8 Å². The summed E-state index contributed by atoms with van der Waals surface area (Å²) in [6.07, 6.45) is 2.17. The van der Waals surface area contributed by atoms with Gasteiger partial charge in [-0.25, -0.2) is 0 Å². The van der Waals surface area contributed by atoms with Crippen molar-refractivity contribution in [2.24, 2.45) is 0 Å². The van der Waals surface area contributed by atoms with Crippen LogP contribution in [0.4, 0.5) is 5.69 Å². The maximum absolute atomic E-state index is 12.2. The predicted molar refractivity (Wildman–Crippen MR) is 74.3 cm³/mol. The average Bonchev–Trinajstić information content (AvgIpc) is 2.87. The molecule has 0 unspecified atom stereocenters. The van der Waals surface area contributed by atoms with Crippen LogP contribution in [-0.2, 0) is 0 Å². The Hall–Kier alpha value is -1.62. The Bertz CT molecular complexity index is 446. The van der Waals surface area contributed by atoms with E-state index in [1.165, 1.54) is 0 Å². The van der Waals surface area contributed by atoms with Crippen molar-refractivity contribution in [2.75, 3.05) is 31.1 Å². The van der Waals surface area contributed by atoms with Gasteiger partial charge >= 0.3 is 0 Å². The lowest BCUT2D eigenvalue weighted by atomic mass is 10.2. The number of nitrogens with zero attached hydrogens (tertiary/aromatic N) is 3. The first-order valence-corrected chi connectivity index (χ1v) is 6.84. The Morgan fingerprint density at radius 1 is 1.53 bits per heavy atom. The molecule has 0 spiro atoms. The number of hydrogen-bond donors (Lipinski definition) is 1. The number of β-amino-alcohol motifs (C(OH)–C–C–N with tert-alkyl or cyclic N) is 1. The van der Waals surface area contributed by atoms with E-state index in [9.17, 15) is 9.90 Å². The molecule has 1 aromatic heterocycles. The number of pyridine rings is 1. The summed E-state index contributed by atoms with van der Waals surface area (Å²) in [7, 11) is 0. The van der Waals surface area contributed by atoms with Gasteiger partial charge in [0.25, 0.3) is 5.91 Å². The van der Waals surface area contributed by atoms with Crippen molar-refractivity contribution < 1.29 is 9.90 Å². The van der Waals surface area contributed by atoms with E-state index in [4.69, 9.17) is 0 Å². The first kappa shape index (κ1) is 13.8. The van der Waals surface area contributed by atoms with Crippen LogP contribution in [-0.4, -0.2) is 53.2 Å². The molecule has 1 saturated heterocycles. The maximum atomic E-state index is 12.2. The summed E-state index contributed by atoms with van der Waals surface area (Å²) < 4.78 is 0. The van der Waals surface area contributed by atoms with Crippen LogP contribution in [0.15, 0.2) is 18.3 Å². The Morgan fingerprint density at radius 2 is 2.26 bits per heavy atom. The lowest BCUT2D eigenvalue weighted by Gasteiger charge is -2.21. The molecular formula is C14H21N3O2. The molecule has 19 heavy (non-hydrogen) atoms. The zero-order valence-corrected chi connectivity index (χ0v) is 11.5. The quantitative estimate of drug-likeness (QED) is 0.885. The predicted octanol–water partition coefficient (Wildman–Crippen LogP) is 1.13. The third-order valence-corrected chi connectivity index (χ3v) is 3.54. The molecule has 2 rings (SSSR count). The van der Waals surface area contributed by atoms with Crippen molar-refractivity contribution in [3.63, 3.8) is 0 Å². The van der Waals surface area contributed by atoms with Gasteiger partial charge in [0.2, 0.25) is 0 Å². The SMILES string of the molecule is CCN(CC)C(=O)c1cc(N2CC[C@@H](O)C2)ccn1. The molecule has 5 heteroatoms. The minimum atomic E-state index is -0.268. The van der Waals surface area contributed by atoms with Crippen LogP contribution in [0.2, 0.25) is 0 Å². The Labute approximate surface area is 113 Å². The summed E-state index contributed by atoms with van der Waals surface area (Å²) in [5, 5.41) is 9.57. The summed E-state index contributed by atoms with van der Waals surface area (Å²) in [5.41, 5.74) is 1.43. The Balaban J connectivity index is 2.17. The second kappa shape index (κ2) is 6.02. The molecule has 2 heterocycles. The fourth-order valence-electron chi connectivity index (χ4n) is 2.38. The van der Waals surface area contributed by atoms with Crippen molar-refractivity contribution in [3.05, 3.63) is 24.0 Å². The number of rotatable bonds is 4. The van der Waals surface area contributed by atoms with Crippen molar-refractivity contribution in [3.8, 4) is 0 Å². The maximum Gasteiger partial charge on any atom is 0.272 e. The van der Waals surface area contributed by atoms with Gasteiger partial charge in [-0.1, -0.05) is 0 Å². The fourth-order valence-corrected chi connectivity index (χ4v) is 2.38. The first-order valence-electron chi connectivity index (χ1n) is 6.84. The highest BCUT2D eigenvalue weighted by Gasteiger charge is 2.22. The molecule has 5 nitrogen and oxygen atoms in total. The molecule has 1 aromatic rings. The Kier molecular flexibility index (Phi) is 4.37. The zero-order valence-electron chi connectivity index (χ0n) is 11.5. The molecular weight excluding hydrogens is 242 g/mol. The molecule has 1 N–H and O–H groups in total. The molecule has 0 aliphatic carbocycles. The topological polar surface area (TPSA) is 56.7 Å². The second-order valence-corrected chi connectivity index (χ2v) is 4.77. The summed E-state index contributed by atoms with van der Waals surface area (Å²) in [5.74, 6) is -0.0356. The molecule has 1 amide bonds. The van der Waals surface area contributed by atoms with E-state index >= 15 is 0 Å². The van der Waals surface area contributed by atoms with E-state index in [1.54, 1.807) is 11.1 Å². The van der Waals surface area contributed by atoms with Gasteiger partial charge in [-0.15, -0.1) is 0 Å². The lowest BCUT2D eigenvalue weighted by Crippen LogP contribution is -2.31. The van der Waals surface area contributed by atoms with Crippen LogP contribution >= 0.6 is 0 Å². The molecule has 1 aliphatic rings. The van der Waals surface area contributed by atoms with Crippen LogP contribution in [0, 0.1) is 0 Å². The zero-order chi connectivity index (χ0) is 13.8. The number of carbonyl (C=O) groups is 1. The molecule has 0 saturated carbocycles. The largest absolute Gasteiger partial charge is 0.391 e. The average molecular weight is 263 g/mol. The van der Waals surface area contributed by atoms with Crippen LogP contribution < -0.4 is 4.90 Å². The minimum Gasteiger partial charge on any atom is -0.391 e. The van der Waals surface area contributed by atoms with E-state index in [0.717, 1.165) is 18.7 Å². The van der Waals surface area contributed by atoms with Crippen molar-refractivity contribution in [1.82, 2.24) is 9.88 Å². The number of amides is 1. The summed E-state index contributed by atoms with van der Waals surface area (Å²) in [6.45, 7) is 6.74. The lowest BCUT2D eigenvalue weighted by molar-refractivity contribution is 0.0767. The number of carbonyl (C=O) groups excluding carboxylic acids is 1. The Morgan fingerprint density at radius 3 is 2.84 bits per heavy atom. The highest BCUT2D eigenvalue weighted by molar-refractivity contribution is 5.93. The summed E-state index contributed by atoms with van der Waals surface area (Å²) >= 11 is 0. The van der Waals surface area contributed by atoms with Gasteiger partial charge in [0.1, 0.15) is 5.69 Å². The molecule has 0 radical (unpaired) electrons. The van der Waals surface area contributed by atoms with E-state index in [1.807, 2.05) is 26.0 Å². The highest BCUT2D eigenvalue weighted by atomic mass is 16.3. The summed E-state index contributed by atoms with van der Waals surface area (Å²) in [6, 6.07) is 3.70. The van der Waals surface area contributed by atoms with Gasteiger partial charge in [-0.05, 0) is 32.4 Å². The number of aliphatic hydroxyl groups excluding tert-OH is 1. The van der Waals surface area contributed by atoms with Gasteiger partial charge in [0.15, 0.2) is 0 Å².